The summed E-state index contributed by atoms with van der Waals surface area (Å²) >= 11 is 0. The first-order chi connectivity index (χ1) is 8.91. The SMILES string of the molecule is CC(C)CCCC(C)CCOC(=O)CCCC(=O)O. The van der Waals surface area contributed by atoms with Gasteiger partial charge in [-0.05, 0) is 24.7 Å². The maximum absolute atomic E-state index is 11.3. The third-order valence-corrected chi connectivity index (χ3v) is 3.12. The molecule has 0 aliphatic carbocycles. The average molecular weight is 272 g/mol. The molecule has 0 amide bonds. The first kappa shape index (κ1) is 17.9. The molecular formula is C15H28O4. The lowest BCUT2D eigenvalue weighted by atomic mass is 9.98. The molecule has 0 saturated heterocycles. The van der Waals surface area contributed by atoms with E-state index in [-0.39, 0.29) is 18.8 Å². The van der Waals surface area contributed by atoms with E-state index in [0.717, 1.165) is 12.3 Å². The molecule has 0 rings (SSSR count). The maximum Gasteiger partial charge on any atom is 0.305 e. The van der Waals surface area contributed by atoms with Crippen molar-refractivity contribution < 1.29 is 19.4 Å². The summed E-state index contributed by atoms with van der Waals surface area (Å²) in [6.45, 7) is 7.08. The van der Waals surface area contributed by atoms with Crippen LogP contribution in [0.1, 0.15) is 65.7 Å². The van der Waals surface area contributed by atoms with Crippen LogP contribution in [0.25, 0.3) is 0 Å². The standard InChI is InChI=1S/C15H28O4/c1-12(2)6-4-7-13(3)10-11-19-15(18)9-5-8-14(16)17/h12-13H,4-11H2,1-3H3,(H,16,17). The number of aliphatic carboxylic acids is 1. The van der Waals surface area contributed by atoms with Crippen molar-refractivity contribution in [1.82, 2.24) is 0 Å². The Kier molecular flexibility index (Phi) is 10.2. The van der Waals surface area contributed by atoms with Crippen molar-refractivity contribution >= 4 is 11.9 Å². The minimum Gasteiger partial charge on any atom is -0.481 e. The van der Waals surface area contributed by atoms with Gasteiger partial charge in [0, 0.05) is 12.8 Å². The Bertz CT molecular complexity index is 261. The summed E-state index contributed by atoms with van der Waals surface area (Å²) in [7, 11) is 0. The maximum atomic E-state index is 11.3. The largest absolute Gasteiger partial charge is 0.481 e. The molecule has 0 heterocycles. The van der Waals surface area contributed by atoms with E-state index in [4.69, 9.17) is 9.84 Å². The monoisotopic (exact) mass is 272 g/mol. The Morgan fingerprint density at radius 1 is 1.00 bits per heavy atom. The zero-order valence-corrected chi connectivity index (χ0v) is 12.5. The first-order valence-corrected chi connectivity index (χ1v) is 7.29. The second-order valence-corrected chi connectivity index (χ2v) is 5.69. The Morgan fingerprint density at radius 3 is 2.26 bits per heavy atom. The summed E-state index contributed by atoms with van der Waals surface area (Å²) in [6.07, 6.45) is 5.13. The third kappa shape index (κ3) is 13.2. The van der Waals surface area contributed by atoms with Gasteiger partial charge in [0.2, 0.25) is 0 Å². The van der Waals surface area contributed by atoms with E-state index in [9.17, 15) is 9.59 Å². The van der Waals surface area contributed by atoms with Gasteiger partial charge in [0.25, 0.3) is 0 Å². The number of hydrogen-bond acceptors (Lipinski definition) is 3. The van der Waals surface area contributed by atoms with Crippen molar-refractivity contribution in [1.29, 1.82) is 0 Å². The molecule has 0 aromatic rings. The van der Waals surface area contributed by atoms with Gasteiger partial charge in [-0.15, -0.1) is 0 Å². The van der Waals surface area contributed by atoms with Gasteiger partial charge in [-0.2, -0.15) is 0 Å². The van der Waals surface area contributed by atoms with Crippen molar-refractivity contribution in [2.75, 3.05) is 6.61 Å². The number of hydrogen-bond donors (Lipinski definition) is 1. The lowest BCUT2D eigenvalue weighted by Gasteiger charge is -2.12. The highest BCUT2D eigenvalue weighted by molar-refractivity contribution is 5.71. The summed E-state index contributed by atoms with van der Waals surface area (Å²) in [6, 6.07) is 0. The van der Waals surface area contributed by atoms with E-state index in [1.807, 2.05) is 0 Å². The Balaban J connectivity index is 3.45. The van der Waals surface area contributed by atoms with E-state index < -0.39 is 5.97 Å². The van der Waals surface area contributed by atoms with Crippen molar-refractivity contribution in [3.63, 3.8) is 0 Å². The van der Waals surface area contributed by atoms with Gasteiger partial charge in [0.05, 0.1) is 6.61 Å². The quantitative estimate of drug-likeness (QED) is 0.583. The third-order valence-electron chi connectivity index (χ3n) is 3.12. The van der Waals surface area contributed by atoms with Gasteiger partial charge in [0.1, 0.15) is 0 Å². The second-order valence-electron chi connectivity index (χ2n) is 5.69. The zero-order chi connectivity index (χ0) is 14.7. The average Bonchev–Trinajstić information content (AvgIpc) is 2.27. The molecule has 1 N–H and O–H groups in total. The molecule has 0 aliphatic rings. The first-order valence-electron chi connectivity index (χ1n) is 7.29. The predicted molar refractivity (Wildman–Crippen MR) is 74.9 cm³/mol. The van der Waals surface area contributed by atoms with E-state index in [1.54, 1.807) is 0 Å². The van der Waals surface area contributed by atoms with E-state index in [1.165, 1.54) is 19.3 Å². The number of carboxylic acids is 1. The lowest BCUT2D eigenvalue weighted by molar-refractivity contribution is -0.144. The van der Waals surface area contributed by atoms with Gasteiger partial charge in [-0.1, -0.05) is 40.0 Å². The molecule has 0 aromatic heterocycles. The highest BCUT2D eigenvalue weighted by atomic mass is 16.5. The fourth-order valence-electron chi connectivity index (χ4n) is 1.85. The molecule has 0 aromatic carbocycles. The van der Waals surface area contributed by atoms with Crippen molar-refractivity contribution in [2.24, 2.45) is 11.8 Å². The zero-order valence-electron chi connectivity index (χ0n) is 12.5. The second kappa shape index (κ2) is 10.8. The molecule has 19 heavy (non-hydrogen) atoms. The fourth-order valence-corrected chi connectivity index (χ4v) is 1.85. The smallest absolute Gasteiger partial charge is 0.305 e. The predicted octanol–water partition coefficient (Wildman–Crippen LogP) is 3.64. The molecule has 0 fully saturated rings. The van der Waals surface area contributed by atoms with Crippen molar-refractivity contribution in [2.45, 2.75) is 65.7 Å². The minimum absolute atomic E-state index is 0.0285. The number of ether oxygens (including phenoxy) is 1. The molecule has 0 spiro atoms. The van der Waals surface area contributed by atoms with Crippen LogP contribution in [0.2, 0.25) is 0 Å². The van der Waals surface area contributed by atoms with Crippen LogP contribution >= 0.6 is 0 Å². The molecular weight excluding hydrogens is 244 g/mol. The van der Waals surface area contributed by atoms with Crippen LogP contribution in [0.3, 0.4) is 0 Å². The minimum atomic E-state index is -0.869. The van der Waals surface area contributed by atoms with Crippen LogP contribution in [0.15, 0.2) is 0 Å². The van der Waals surface area contributed by atoms with Crippen LogP contribution in [0.5, 0.6) is 0 Å². The van der Waals surface area contributed by atoms with Gasteiger partial charge in [-0.3, -0.25) is 9.59 Å². The number of carbonyl (C=O) groups excluding carboxylic acids is 1. The van der Waals surface area contributed by atoms with E-state index in [2.05, 4.69) is 20.8 Å². The summed E-state index contributed by atoms with van der Waals surface area (Å²) in [5, 5.41) is 8.44. The summed E-state index contributed by atoms with van der Waals surface area (Å²) in [5.41, 5.74) is 0. The van der Waals surface area contributed by atoms with E-state index in [0.29, 0.717) is 18.9 Å². The van der Waals surface area contributed by atoms with Crippen LogP contribution in [-0.4, -0.2) is 23.7 Å². The topological polar surface area (TPSA) is 63.6 Å². The molecule has 1 unspecified atom stereocenters. The van der Waals surface area contributed by atoms with Crippen molar-refractivity contribution in [3.8, 4) is 0 Å². The van der Waals surface area contributed by atoms with Gasteiger partial charge in [0.15, 0.2) is 0 Å². The van der Waals surface area contributed by atoms with Gasteiger partial charge >= 0.3 is 11.9 Å². The highest BCUT2D eigenvalue weighted by Gasteiger charge is 2.07. The number of carboxylic acid groups (broad SMARTS) is 1. The summed E-state index contributed by atoms with van der Waals surface area (Å²) in [5.74, 6) is 0.173. The van der Waals surface area contributed by atoms with Crippen LogP contribution in [-0.2, 0) is 14.3 Å². The number of carbonyl (C=O) groups is 2. The molecule has 0 bridgehead atoms. The molecule has 0 aliphatic heterocycles. The highest BCUT2D eigenvalue weighted by Crippen LogP contribution is 2.15. The van der Waals surface area contributed by atoms with Gasteiger partial charge < -0.3 is 9.84 Å². The fraction of sp³-hybridized carbons (Fsp3) is 0.867. The molecule has 1 atom stereocenters. The summed E-state index contributed by atoms with van der Waals surface area (Å²) in [4.78, 5) is 21.6. The Hall–Kier alpha value is -1.06. The Labute approximate surface area is 116 Å². The van der Waals surface area contributed by atoms with Crippen molar-refractivity contribution in [3.05, 3.63) is 0 Å². The molecule has 4 heteroatoms. The lowest BCUT2D eigenvalue weighted by Crippen LogP contribution is -2.09. The summed E-state index contributed by atoms with van der Waals surface area (Å²) < 4.78 is 5.09. The van der Waals surface area contributed by atoms with Crippen LogP contribution in [0, 0.1) is 11.8 Å². The van der Waals surface area contributed by atoms with E-state index >= 15 is 0 Å². The number of esters is 1. The van der Waals surface area contributed by atoms with Crippen LogP contribution in [0.4, 0.5) is 0 Å². The van der Waals surface area contributed by atoms with Crippen LogP contribution < -0.4 is 0 Å². The Morgan fingerprint density at radius 2 is 1.68 bits per heavy atom. The normalized spacial score (nSPS) is 12.4. The molecule has 4 nitrogen and oxygen atoms in total. The number of rotatable bonds is 11. The molecule has 0 radical (unpaired) electrons. The molecule has 0 saturated carbocycles. The van der Waals surface area contributed by atoms with Gasteiger partial charge in [-0.25, -0.2) is 0 Å². The molecule has 112 valence electrons.